The third kappa shape index (κ3) is 2.60. The molecule has 1 aromatic carbocycles. The first-order chi connectivity index (χ1) is 13.4. The number of carbonyl (C=O) groups is 3. The molecule has 28 heavy (non-hydrogen) atoms. The monoisotopic (exact) mass is 465 g/mol. The summed E-state index contributed by atoms with van der Waals surface area (Å²) in [5.41, 5.74) is 0.259. The number of rotatable bonds is 5. The fourth-order valence-corrected chi connectivity index (χ4v) is 5.76. The smallest absolute Gasteiger partial charge is 0.250 e. The lowest BCUT2D eigenvalue weighted by atomic mass is 9.76. The van der Waals surface area contributed by atoms with Gasteiger partial charge in [-0.05, 0) is 50.0 Å². The minimum absolute atomic E-state index is 0.143. The molecule has 8 heteroatoms. The standard InChI is InChI=1S/C20H24BrN3O3S/c1-4-10(2)24-17(25)15-14(7-8-28-3)23-20(16(15)18(24)26)12-9-11(21)5-6-13(12)22-19(20)27/h5-6,9-10,14-16,23H,4,7-8H2,1-3H3,(H,22,27)/t10-,14+,15-,16+,20-/m1/s1. The van der Waals surface area contributed by atoms with Crippen LogP contribution in [0.3, 0.4) is 0 Å². The average molecular weight is 466 g/mol. The Morgan fingerprint density at radius 1 is 1.29 bits per heavy atom. The molecular formula is C20H24BrN3O3S. The van der Waals surface area contributed by atoms with Crippen LogP contribution in [-0.2, 0) is 19.9 Å². The van der Waals surface area contributed by atoms with Crippen molar-refractivity contribution in [2.75, 3.05) is 17.3 Å². The van der Waals surface area contributed by atoms with Crippen LogP contribution < -0.4 is 10.6 Å². The molecule has 2 fully saturated rings. The van der Waals surface area contributed by atoms with Crippen LogP contribution in [0.2, 0.25) is 0 Å². The molecule has 5 atom stereocenters. The molecule has 2 saturated heterocycles. The lowest BCUT2D eigenvalue weighted by molar-refractivity contribution is -0.145. The predicted octanol–water partition coefficient (Wildman–Crippen LogP) is 2.72. The Morgan fingerprint density at radius 2 is 2.04 bits per heavy atom. The number of carbonyl (C=O) groups excluding carboxylic acids is 3. The van der Waals surface area contributed by atoms with Crippen LogP contribution in [0.1, 0.15) is 32.3 Å². The van der Waals surface area contributed by atoms with E-state index in [0.717, 1.165) is 22.2 Å². The Labute approximate surface area is 177 Å². The number of hydrogen-bond donors (Lipinski definition) is 2. The van der Waals surface area contributed by atoms with Gasteiger partial charge >= 0.3 is 0 Å². The van der Waals surface area contributed by atoms with Crippen molar-refractivity contribution in [1.82, 2.24) is 10.2 Å². The first kappa shape index (κ1) is 19.9. The Morgan fingerprint density at radius 3 is 2.71 bits per heavy atom. The molecule has 3 aliphatic rings. The summed E-state index contributed by atoms with van der Waals surface area (Å²) < 4.78 is 0.837. The number of anilines is 1. The molecule has 0 unspecified atom stereocenters. The van der Waals surface area contributed by atoms with Crippen LogP contribution >= 0.6 is 27.7 Å². The number of nitrogens with one attached hydrogen (secondary N) is 2. The maximum Gasteiger partial charge on any atom is 0.250 e. The highest BCUT2D eigenvalue weighted by Gasteiger charge is 2.70. The van der Waals surface area contributed by atoms with Gasteiger partial charge in [0.25, 0.3) is 0 Å². The van der Waals surface area contributed by atoms with Crippen LogP contribution in [0.15, 0.2) is 22.7 Å². The lowest BCUT2D eigenvalue weighted by Crippen LogP contribution is -2.54. The SMILES string of the molecule is CC[C@@H](C)N1C(=O)[C@@H]2[C@H](CCSC)N[C@@]3(C(=O)Nc4ccc(Br)cc43)[C@@H]2C1=O. The summed E-state index contributed by atoms with van der Waals surface area (Å²) in [5, 5.41) is 6.39. The first-order valence-electron chi connectivity index (χ1n) is 9.61. The van der Waals surface area contributed by atoms with Crippen molar-refractivity contribution in [1.29, 1.82) is 0 Å². The first-order valence-corrected chi connectivity index (χ1v) is 11.8. The van der Waals surface area contributed by atoms with Gasteiger partial charge in [-0.2, -0.15) is 11.8 Å². The average Bonchev–Trinajstić information content (AvgIpc) is 3.25. The number of imide groups is 1. The van der Waals surface area contributed by atoms with E-state index < -0.39 is 17.4 Å². The number of amides is 3. The number of thioether (sulfide) groups is 1. The van der Waals surface area contributed by atoms with E-state index in [4.69, 9.17) is 0 Å². The lowest BCUT2D eigenvalue weighted by Gasteiger charge is -2.31. The summed E-state index contributed by atoms with van der Waals surface area (Å²) in [6, 6.07) is 5.21. The molecule has 0 bridgehead atoms. The molecule has 1 spiro atoms. The molecule has 1 aromatic rings. The van der Waals surface area contributed by atoms with Gasteiger partial charge in [0.2, 0.25) is 17.7 Å². The quantitative estimate of drug-likeness (QED) is 0.653. The number of benzene rings is 1. The van der Waals surface area contributed by atoms with Gasteiger partial charge in [0.1, 0.15) is 5.54 Å². The third-order valence-corrected chi connectivity index (χ3v) is 7.51. The Bertz CT molecular complexity index is 863. The predicted molar refractivity (Wildman–Crippen MR) is 113 cm³/mol. The van der Waals surface area contributed by atoms with E-state index in [1.807, 2.05) is 38.3 Å². The fourth-order valence-electron chi connectivity index (χ4n) is 4.91. The van der Waals surface area contributed by atoms with E-state index in [-0.39, 0.29) is 29.8 Å². The largest absolute Gasteiger partial charge is 0.324 e. The van der Waals surface area contributed by atoms with Gasteiger partial charge in [0.05, 0.1) is 11.8 Å². The van der Waals surface area contributed by atoms with Crippen molar-refractivity contribution < 1.29 is 14.4 Å². The van der Waals surface area contributed by atoms with Crippen molar-refractivity contribution in [3.05, 3.63) is 28.2 Å². The topological polar surface area (TPSA) is 78.5 Å². The highest BCUT2D eigenvalue weighted by Crippen LogP contribution is 2.54. The second-order valence-electron chi connectivity index (χ2n) is 7.79. The molecule has 2 N–H and O–H groups in total. The molecule has 3 amide bonds. The molecule has 0 aromatic heterocycles. The van der Waals surface area contributed by atoms with E-state index in [2.05, 4.69) is 26.6 Å². The summed E-state index contributed by atoms with van der Waals surface area (Å²) in [6.07, 6.45) is 3.44. The van der Waals surface area contributed by atoms with Gasteiger partial charge in [-0.15, -0.1) is 0 Å². The molecular weight excluding hydrogens is 442 g/mol. The van der Waals surface area contributed by atoms with Crippen LogP contribution in [-0.4, -0.2) is 46.7 Å². The minimum Gasteiger partial charge on any atom is -0.324 e. The maximum atomic E-state index is 13.5. The summed E-state index contributed by atoms with van der Waals surface area (Å²) in [7, 11) is 0. The van der Waals surface area contributed by atoms with Crippen molar-refractivity contribution in [2.45, 2.75) is 44.3 Å². The van der Waals surface area contributed by atoms with Crippen molar-refractivity contribution in [2.24, 2.45) is 11.8 Å². The number of nitrogens with zero attached hydrogens (tertiary/aromatic N) is 1. The zero-order chi connectivity index (χ0) is 20.2. The van der Waals surface area contributed by atoms with Gasteiger partial charge in [-0.25, -0.2) is 0 Å². The number of fused-ring (bicyclic) bond motifs is 4. The maximum absolute atomic E-state index is 13.5. The zero-order valence-corrected chi connectivity index (χ0v) is 18.5. The van der Waals surface area contributed by atoms with Crippen LogP contribution in [0, 0.1) is 11.8 Å². The molecule has 4 rings (SSSR count). The Kier molecular flexibility index (Phi) is 5.08. The highest BCUT2D eigenvalue weighted by molar-refractivity contribution is 9.10. The minimum atomic E-state index is -1.19. The molecule has 150 valence electrons. The van der Waals surface area contributed by atoms with Crippen molar-refractivity contribution in [3.63, 3.8) is 0 Å². The fraction of sp³-hybridized carbons (Fsp3) is 0.550. The highest BCUT2D eigenvalue weighted by atomic mass is 79.9. The van der Waals surface area contributed by atoms with Gasteiger partial charge in [0, 0.05) is 27.8 Å². The molecule has 0 radical (unpaired) electrons. The van der Waals surface area contributed by atoms with Gasteiger partial charge in [-0.1, -0.05) is 22.9 Å². The molecule has 3 heterocycles. The Hall–Kier alpha value is -1.38. The van der Waals surface area contributed by atoms with E-state index in [1.54, 1.807) is 11.8 Å². The summed E-state index contributed by atoms with van der Waals surface area (Å²) in [6.45, 7) is 3.86. The van der Waals surface area contributed by atoms with Gasteiger partial charge in [-0.3, -0.25) is 24.6 Å². The summed E-state index contributed by atoms with van der Waals surface area (Å²) in [5.74, 6) is -0.980. The van der Waals surface area contributed by atoms with Crippen molar-refractivity contribution in [3.8, 4) is 0 Å². The van der Waals surface area contributed by atoms with Crippen LogP contribution in [0.25, 0.3) is 0 Å². The number of hydrogen-bond acceptors (Lipinski definition) is 5. The molecule has 0 aliphatic carbocycles. The number of halogens is 1. The third-order valence-electron chi connectivity index (χ3n) is 6.38. The Balaban J connectivity index is 1.86. The molecule has 6 nitrogen and oxygen atoms in total. The zero-order valence-electron chi connectivity index (χ0n) is 16.1. The molecule has 0 saturated carbocycles. The second-order valence-corrected chi connectivity index (χ2v) is 9.69. The molecule has 3 aliphatic heterocycles. The van der Waals surface area contributed by atoms with E-state index in [1.165, 1.54) is 4.90 Å². The van der Waals surface area contributed by atoms with Crippen LogP contribution in [0.4, 0.5) is 5.69 Å². The van der Waals surface area contributed by atoms with Gasteiger partial charge < -0.3 is 5.32 Å². The number of likely N-dealkylation sites (tertiary alicyclic amines) is 1. The summed E-state index contributed by atoms with van der Waals surface area (Å²) in [4.78, 5) is 41.5. The summed E-state index contributed by atoms with van der Waals surface area (Å²) >= 11 is 5.18. The van der Waals surface area contributed by atoms with E-state index >= 15 is 0 Å². The van der Waals surface area contributed by atoms with Gasteiger partial charge in [0.15, 0.2) is 0 Å². The van der Waals surface area contributed by atoms with Crippen LogP contribution in [0.5, 0.6) is 0 Å². The van der Waals surface area contributed by atoms with E-state index in [9.17, 15) is 14.4 Å². The van der Waals surface area contributed by atoms with E-state index in [0.29, 0.717) is 12.1 Å². The second kappa shape index (κ2) is 7.15. The van der Waals surface area contributed by atoms with Crippen molar-refractivity contribution >= 4 is 51.1 Å². The normalized spacial score (nSPS) is 32.1.